The van der Waals surface area contributed by atoms with Gasteiger partial charge in [-0.1, -0.05) is 46.3 Å². The molecule has 1 fully saturated rings. The van der Waals surface area contributed by atoms with E-state index in [9.17, 15) is 13.2 Å². The molecule has 0 radical (unpaired) electrons. The third kappa shape index (κ3) is 4.05. The second kappa shape index (κ2) is 7.07. The van der Waals surface area contributed by atoms with Crippen molar-refractivity contribution in [3.8, 4) is 0 Å². The Balaban J connectivity index is 1.90. The van der Waals surface area contributed by atoms with Crippen LogP contribution in [0.5, 0.6) is 0 Å². The summed E-state index contributed by atoms with van der Waals surface area (Å²) in [5, 5.41) is 0. The molecule has 24 heavy (non-hydrogen) atoms. The number of carbonyl (C=O) groups is 1. The van der Waals surface area contributed by atoms with Crippen LogP contribution in [0, 0.1) is 0 Å². The van der Waals surface area contributed by atoms with Crippen molar-refractivity contribution in [3.05, 3.63) is 70.2 Å². The maximum atomic E-state index is 13.0. The van der Waals surface area contributed by atoms with E-state index in [1.165, 1.54) is 0 Å². The lowest BCUT2D eigenvalue weighted by Gasteiger charge is -2.28. The molecule has 0 unspecified atom stereocenters. The Morgan fingerprint density at radius 1 is 1.12 bits per heavy atom. The summed E-state index contributed by atoms with van der Waals surface area (Å²) in [4.78, 5) is 14.6. The molecule has 2 aromatic rings. The van der Waals surface area contributed by atoms with E-state index in [1.807, 2.05) is 42.5 Å². The lowest BCUT2D eigenvalue weighted by atomic mass is 10.1. The molecule has 1 atom stereocenters. The summed E-state index contributed by atoms with van der Waals surface area (Å²) in [5.41, 5.74) is 1.55. The van der Waals surface area contributed by atoms with E-state index in [0.29, 0.717) is 18.5 Å². The van der Waals surface area contributed by atoms with Gasteiger partial charge in [0.05, 0.1) is 11.5 Å². The van der Waals surface area contributed by atoms with Gasteiger partial charge in [0.15, 0.2) is 9.84 Å². The van der Waals surface area contributed by atoms with E-state index in [2.05, 4.69) is 15.9 Å². The smallest absolute Gasteiger partial charge is 0.254 e. The topological polar surface area (TPSA) is 54.5 Å². The number of amides is 1. The van der Waals surface area contributed by atoms with E-state index in [-0.39, 0.29) is 23.5 Å². The Kier molecular flexibility index (Phi) is 5.06. The monoisotopic (exact) mass is 407 g/mol. The number of halogens is 1. The molecular formula is C18H18BrNO3S. The van der Waals surface area contributed by atoms with Gasteiger partial charge in [-0.2, -0.15) is 0 Å². The molecule has 0 saturated carbocycles. The molecule has 1 heterocycles. The maximum Gasteiger partial charge on any atom is 0.254 e. The fraction of sp³-hybridized carbons (Fsp3) is 0.278. The molecule has 0 N–H and O–H groups in total. The van der Waals surface area contributed by atoms with Crippen LogP contribution in [-0.4, -0.2) is 36.8 Å². The molecule has 1 aliphatic heterocycles. The minimum Gasteiger partial charge on any atom is -0.330 e. The van der Waals surface area contributed by atoms with Crippen molar-refractivity contribution in [1.29, 1.82) is 0 Å². The first-order valence-corrected chi connectivity index (χ1v) is 10.4. The third-order valence-electron chi connectivity index (χ3n) is 4.17. The van der Waals surface area contributed by atoms with Crippen molar-refractivity contribution in [3.63, 3.8) is 0 Å². The summed E-state index contributed by atoms with van der Waals surface area (Å²) < 4.78 is 24.7. The number of hydrogen-bond donors (Lipinski definition) is 0. The Labute approximate surface area is 150 Å². The molecule has 0 spiro atoms. The second-order valence-corrected chi connectivity index (χ2v) is 9.13. The summed E-state index contributed by atoms with van der Waals surface area (Å²) in [5.74, 6) is 0.0616. The molecule has 0 bridgehead atoms. The molecule has 1 saturated heterocycles. The number of nitrogens with zero attached hydrogens (tertiary/aromatic N) is 1. The van der Waals surface area contributed by atoms with Gasteiger partial charge < -0.3 is 4.90 Å². The predicted molar refractivity (Wildman–Crippen MR) is 97.5 cm³/mol. The molecule has 126 valence electrons. The normalized spacial score (nSPS) is 19.1. The molecule has 6 heteroatoms. The van der Waals surface area contributed by atoms with Crippen molar-refractivity contribution in [2.45, 2.75) is 19.0 Å². The fourth-order valence-corrected chi connectivity index (χ4v) is 5.14. The summed E-state index contributed by atoms with van der Waals surface area (Å²) >= 11 is 3.44. The number of rotatable bonds is 4. The average Bonchev–Trinajstić information content (AvgIpc) is 2.93. The van der Waals surface area contributed by atoms with Crippen LogP contribution in [0.1, 0.15) is 22.3 Å². The van der Waals surface area contributed by atoms with Gasteiger partial charge in [0.1, 0.15) is 0 Å². The largest absolute Gasteiger partial charge is 0.330 e. The van der Waals surface area contributed by atoms with Crippen LogP contribution in [0.4, 0.5) is 0 Å². The lowest BCUT2D eigenvalue weighted by Crippen LogP contribution is -2.40. The fourth-order valence-electron chi connectivity index (χ4n) is 2.97. The lowest BCUT2D eigenvalue weighted by molar-refractivity contribution is 0.0681. The van der Waals surface area contributed by atoms with Gasteiger partial charge >= 0.3 is 0 Å². The van der Waals surface area contributed by atoms with Crippen molar-refractivity contribution in [2.24, 2.45) is 0 Å². The Bertz CT molecular complexity index is 836. The number of hydrogen-bond acceptors (Lipinski definition) is 3. The van der Waals surface area contributed by atoms with Crippen LogP contribution < -0.4 is 0 Å². The first-order chi connectivity index (χ1) is 11.4. The number of carbonyl (C=O) groups excluding carboxylic acids is 1. The van der Waals surface area contributed by atoms with Crippen molar-refractivity contribution < 1.29 is 13.2 Å². The Morgan fingerprint density at radius 3 is 2.50 bits per heavy atom. The predicted octanol–water partition coefficient (Wildman–Crippen LogP) is 3.28. The van der Waals surface area contributed by atoms with Crippen molar-refractivity contribution in [2.75, 3.05) is 11.5 Å². The third-order valence-corrected chi connectivity index (χ3v) is 6.42. The maximum absolute atomic E-state index is 13.0. The second-order valence-electron chi connectivity index (χ2n) is 5.99. The highest BCUT2D eigenvalue weighted by molar-refractivity contribution is 9.10. The van der Waals surface area contributed by atoms with E-state index in [1.54, 1.807) is 17.0 Å². The molecule has 4 nitrogen and oxygen atoms in total. The van der Waals surface area contributed by atoms with Crippen LogP contribution in [0.25, 0.3) is 0 Å². The molecular weight excluding hydrogens is 390 g/mol. The highest BCUT2D eigenvalue weighted by atomic mass is 79.9. The van der Waals surface area contributed by atoms with Crippen molar-refractivity contribution >= 4 is 31.7 Å². The van der Waals surface area contributed by atoms with E-state index >= 15 is 0 Å². The zero-order chi connectivity index (χ0) is 17.2. The van der Waals surface area contributed by atoms with Gasteiger partial charge in [-0.3, -0.25) is 4.79 Å². The molecule has 1 aliphatic rings. The quantitative estimate of drug-likeness (QED) is 0.781. The SMILES string of the molecule is O=C(c1ccccc1)N(Cc1cccc(Br)c1)[C@H]1CCS(=O)(=O)C1. The Hall–Kier alpha value is -1.66. The average molecular weight is 408 g/mol. The molecule has 0 aromatic heterocycles. The van der Waals surface area contributed by atoms with Gasteiger partial charge in [0.2, 0.25) is 0 Å². The molecule has 1 amide bonds. The van der Waals surface area contributed by atoms with E-state index in [4.69, 9.17) is 0 Å². The van der Waals surface area contributed by atoms with Crippen LogP contribution in [0.3, 0.4) is 0 Å². The first-order valence-electron chi connectivity index (χ1n) is 7.75. The summed E-state index contributed by atoms with van der Waals surface area (Å²) in [6.07, 6.45) is 0.495. The van der Waals surface area contributed by atoms with Crippen LogP contribution in [0.15, 0.2) is 59.1 Å². The molecule has 3 rings (SSSR count). The highest BCUT2D eigenvalue weighted by Gasteiger charge is 2.35. The van der Waals surface area contributed by atoms with E-state index in [0.717, 1.165) is 10.0 Å². The van der Waals surface area contributed by atoms with Gasteiger partial charge in [-0.05, 0) is 36.2 Å². The van der Waals surface area contributed by atoms with E-state index < -0.39 is 9.84 Å². The number of sulfone groups is 1. The van der Waals surface area contributed by atoms with Crippen LogP contribution in [0.2, 0.25) is 0 Å². The Morgan fingerprint density at radius 2 is 1.88 bits per heavy atom. The van der Waals surface area contributed by atoms with Gasteiger partial charge in [-0.15, -0.1) is 0 Å². The van der Waals surface area contributed by atoms with Gasteiger partial charge in [0.25, 0.3) is 5.91 Å². The minimum absolute atomic E-state index is 0.0412. The first kappa shape index (κ1) is 17.2. The van der Waals surface area contributed by atoms with Gasteiger partial charge in [0, 0.05) is 22.6 Å². The van der Waals surface area contributed by atoms with Gasteiger partial charge in [-0.25, -0.2) is 8.42 Å². The summed E-state index contributed by atoms with van der Waals surface area (Å²) in [7, 11) is -3.06. The molecule has 2 aromatic carbocycles. The zero-order valence-corrected chi connectivity index (χ0v) is 15.5. The molecule has 0 aliphatic carbocycles. The summed E-state index contributed by atoms with van der Waals surface area (Å²) in [6, 6.07) is 16.5. The highest BCUT2D eigenvalue weighted by Crippen LogP contribution is 2.23. The van der Waals surface area contributed by atoms with Crippen molar-refractivity contribution in [1.82, 2.24) is 4.90 Å². The van der Waals surface area contributed by atoms with Crippen LogP contribution in [-0.2, 0) is 16.4 Å². The van der Waals surface area contributed by atoms with Crippen LogP contribution >= 0.6 is 15.9 Å². The summed E-state index contributed by atoms with van der Waals surface area (Å²) in [6.45, 7) is 0.396. The standard InChI is InChI=1S/C18H18BrNO3S/c19-16-8-4-5-14(11-16)12-20(17-9-10-24(22,23)13-17)18(21)15-6-2-1-3-7-15/h1-8,11,17H,9-10,12-13H2/t17-/m0/s1. The number of benzene rings is 2. The zero-order valence-electron chi connectivity index (χ0n) is 13.1. The minimum atomic E-state index is -3.06.